The Morgan fingerprint density at radius 1 is 1.05 bits per heavy atom. The Bertz CT molecular complexity index is 515. The molecule has 3 N–H and O–H groups in total. The van der Waals surface area contributed by atoms with E-state index in [1.807, 2.05) is 30.3 Å². The van der Waals surface area contributed by atoms with Crippen LogP contribution in [-0.2, 0) is 6.61 Å². The lowest BCUT2D eigenvalue weighted by atomic mass is 10.2. The first-order valence-corrected chi connectivity index (χ1v) is 5.57. The molecule has 0 radical (unpaired) electrons. The largest absolute Gasteiger partial charge is 0.489 e. The molecule has 0 saturated carbocycles. The fraction of sp³-hybridized carbons (Fsp3) is 0.0714. The molecule has 0 saturated heterocycles. The first-order chi connectivity index (χ1) is 8.79. The Kier molecular flexibility index (Phi) is 5.85. The molecular formula is C14H15ClN2O2. The minimum absolute atomic E-state index is 0. The van der Waals surface area contributed by atoms with E-state index in [0.717, 1.165) is 5.56 Å². The van der Waals surface area contributed by atoms with E-state index in [1.54, 1.807) is 24.3 Å². The van der Waals surface area contributed by atoms with Crippen LogP contribution in [0.4, 0.5) is 0 Å². The molecule has 0 fully saturated rings. The smallest absolute Gasteiger partial charge is 0.265 e. The first kappa shape index (κ1) is 15.0. The number of benzene rings is 2. The topological polar surface area (TPSA) is 64.3 Å². The lowest BCUT2D eigenvalue weighted by Crippen LogP contribution is -2.29. The monoisotopic (exact) mass is 278 g/mol. The van der Waals surface area contributed by atoms with Gasteiger partial charge >= 0.3 is 0 Å². The summed E-state index contributed by atoms with van der Waals surface area (Å²) in [6.07, 6.45) is 0. The molecule has 0 unspecified atom stereocenters. The molecule has 0 bridgehead atoms. The maximum Gasteiger partial charge on any atom is 0.265 e. The second-order valence-electron chi connectivity index (χ2n) is 3.77. The first-order valence-electron chi connectivity index (χ1n) is 5.57. The van der Waals surface area contributed by atoms with Gasteiger partial charge < -0.3 is 4.74 Å². The summed E-state index contributed by atoms with van der Waals surface area (Å²) in [7, 11) is 0. The van der Waals surface area contributed by atoms with E-state index in [9.17, 15) is 4.79 Å². The minimum Gasteiger partial charge on any atom is -0.489 e. The van der Waals surface area contributed by atoms with Crippen molar-refractivity contribution in [2.75, 3.05) is 0 Å². The van der Waals surface area contributed by atoms with Gasteiger partial charge in [0.05, 0.1) is 0 Å². The van der Waals surface area contributed by atoms with Gasteiger partial charge in [0.15, 0.2) is 0 Å². The van der Waals surface area contributed by atoms with Gasteiger partial charge in [-0.05, 0) is 29.8 Å². The summed E-state index contributed by atoms with van der Waals surface area (Å²) < 4.78 is 5.60. The molecule has 0 spiro atoms. The summed E-state index contributed by atoms with van der Waals surface area (Å²) >= 11 is 0. The number of nitrogens with two attached hydrogens (primary N) is 1. The second-order valence-corrected chi connectivity index (χ2v) is 3.77. The Hall–Kier alpha value is -2.04. The number of nitrogen functional groups attached to an aromatic ring is 1. The Balaban J connectivity index is 0.00000180. The highest BCUT2D eigenvalue weighted by Gasteiger charge is 2.02. The van der Waals surface area contributed by atoms with Crippen molar-refractivity contribution in [2.45, 2.75) is 6.61 Å². The Labute approximate surface area is 118 Å². The molecule has 100 valence electrons. The summed E-state index contributed by atoms with van der Waals surface area (Å²) in [5, 5.41) is 0. The predicted molar refractivity (Wildman–Crippen MR) is 76.1 cm³/mol. The van der Waals surface area contributed by atoms with E-state index in [4.69, 9.17) is 10.6 Å². The van der Waals surface area contributed by atoms with Gasteiger partial charge in [0, 0.05) is 5.56 Å². The average Bonchev–Trinajstić information content (AvgIpc) is 2.46. The van der Waals surface area contributed by atoms with E-state index in [0.29, 0.717) is 17.9 Å². The van der Waals surface area contributed by atoms with Crippen LogP contribution in [0.15, 0.2) is 54.6 Å². The van der Waals surface area contributed by atoms with Crippen LogP contribution in [0.5, 0.6) is 5.75 Å². The third-order valence-electron chi connectivity index (χ3n) is 2.50. The number of hydrogen-bond donors (Lipinski definition) is 2. The SMILES string of the molecule is Cl.NNC(=O)c1ccc(OCc2ccccc2)cc1. The van der Waals surface area contributed by atoms with Crippen molar-refractivity contribution in [1.29, 1.82) is 0 Å². The van der Waals surface area contributed by atoms with Gasteiger partial charge in [-0.3, -0.25) is 10.2 Å². The molecular weight excluding hydrogens is 264 g/mol. The number of hydrazine groups is 1. The van der Waals surface area contributed by atoms with Crippen LogP contribution in [0.2, 0.25) is 0 Å². The fourth-order valence-electron chi connectivity index (χ4n) is 1.53. The summed E-state index contributed by atoms with van der Waals surface area (Å²) in [6.45, 7) is 0.503. The highest BCUT2D eigenvalue weighted by Crippen LogP contribution is 2.14. The summed E-state index contributed by atoms with van der Waals surface area (Å²) in [4.78, 5) is 11.2. The average molecular weight is 279 g/mol. The normalized spacial score (nSPS) is 9.32. The van der Waals surface area contributed by atoms with Gasteiger partial charge in [-0.25, -0.2) is 5.84 Å². The number of hydrogen-bond acceptors (Lipinski definition) is 3. The summed E-state index contributed by atoms with van der Waals surface area (Å²) in [5.74, 6) is 5.45. The van der Waals surface area contributed by atoms with Crippen LogP contribution in [-0.4, -0.2) is 5.91 Å². The molecule has 1 amide bonds. The number of ether oxygens (including phenoxy) is 1. The van der Waals surface area contributed by atoms with Crippen molar-refractivity contribution < 1.29 is 9.53 Å². The van der Waals surface area contributed by atoms with Gasteiger partial charge in [0.2, 0.25) is 0 Å². The highest BCUT2D eigenvalue weighted by molar-refractivity contribution is 5.93. The van der Waals surface area contributed by atoms with Gasteiger partial charge in [0.1, 0.15) is 12.4 Å². The molecule has 0 aliphatic carbocycles. The molecule has 0 aliphatic rings. The molecule has 4 nitrogen and oxygen atoms in total. The van der Waals surface area contributed by atoms with E-state index < -0.39 is 0 Å². The number of amides is 1. The number of nitrogens with one attached hydrogen (secondary N) is 1. The Morgan fingerprint density at radius 3 is 2.26 bits per heavy atom. The van der Waals surface area contributed by atoms with Crippen LogP contribution >= 0.6 is 12.4 Å². The van der Waals surface area contributed by atoms with Crippen molar-refractivity contribution in [3.63, 3.8) is 0 Å². The van der Waals surface area contributed by atoms with Crippen molar-refractivity contribution >= 4 is 18.3 Å². The van der Waals surface area contributed by atoms with Crippen LogP contribution < -0.4 is 16.0 Å². The van der Waals surface area contributed by atoms with Gasteiger partial charge in [-0.15, -0.1) is 12.4 Å². The molecule has 5 heteroatoms. The third-order valence-corrected chi connectivity index (χ3v) is 2.50. The fourth-order valence-corrected chi connectivity index (χ4v) is 1.53. The molecule has 19 heavy (non-hydrogen) atoms. The zero-order valence-electron chi connectivity index (χ0n) is 10.2. The third kappa shape index (κ3) is 4.28. The number of carbonyl (C=O) groups is 1. The molecule has 0 heterocycles. The summed E-state index contributed by atoms with van der Waals surface area (Å²) in [5.41, 5.74) is 3.68. The molecule has 0 aliphatic heterocycles. The van der Waals surface area contributed by atoms with Crippen molar-refractivity contribution in [3.8, 4) is 5.75 Å². The molecule has 0 atom stereocenters. The summed E-state index contributed by atoms with van der Waals surface area (Å²) in [6, 6.07) is 16.7. The zero-order chi connectivity index (χ0) is 12.8. The van der Waals surface area contributed by atoms with Crippen LogP contribution in [0, 0.1) is 0 Å². The maximum absolute atomic E-state index is 11.2. The lowest BCUT2D eigenvalue weighted by molar-refractivity contribution is 0.0953. The van der Waals surface area contributed by atoms with Crippen molar-refractivity contribution in [1.82, 2.24) is 5.43 Å². The highest BCUT2D eigenvalue weighted by atomic mass is 35.5. The molecule has 2 aromatic carbocycles. The van der Waals surface area contributed by atoms with Crippen LogP contribution in [0.1, 0.15) is 15.9 Å². The van der Waals surface area contributed by atoms with E-state index in [1.165, 1.54) is 0 Å². The number of rotatable bonds is 4. The van der Waals surface area contributed by atoms with Crippen LogP contribution in [0.25, 0.3) is 0 Å². The Morgan fingerprint density at radius 2 is 1.68 bits per heavy atom. The lowest BCUT2D eigenvalue weighted by Gasteiger charge is -2.06. The maximum atomic E-state index is 11.2. The predicted octanol–water partition coefficient (Wildman–Crippen LogP) is 2.29. The van der Waals surface area contributed by atoms with Crippen LogP contribution in [0.3, 0.4) is 0 Å². The van der Waals surface area contributed by atoms with E-state index >= 15 is 0 Å². The quantitative estimate of drug-likeness (QED) is 0.512. The van der Waals surface area contributed by atoms with E-state index in [-0.39, 0.29) is 18.3 Å². The van der Waals surface area contributed by atoms with Gasteiger partial charge in [-0.2, -0.15) is 0 Å². The zero-order valence-corrected chi connectivity index (χ0v) is 11.0. The molecule has 0 aromatic heterocycles. The number of carbonyl (C=O) groups excluding carboxylic acids is 1. The van der Waals surface area contributed by atoms with Gasteiger partial charge in [0.25, 0.3) is 5.91 Å². The molecule has 2 aromatic rings. The van der Waals surface area contributed by atoms with Crippen molar-refractivity contribution in [3.05, 3.63) is 65.7 Å². The van der Waals surface area contributed by atoms with Gasteiger partial charge in [-0.1, -0.05) is 30.3 Å². The standard InChI is InChI=1S/C14H14N2O2.ClH/c15-16-14(17)12-6-8-13(9-7-12)18-10-11-4-2-1-3-5-11;/h1-9H,10,15H2,(H,16,17);1H. The second kappa shape index (κ2) is 7.41. The number of halogens is 1. The van der Waals surface area contributed by atoms with E-state index in [2.05, 4.69) is 5.43 Å². The molecule has 2 rings (SSSR count). The van der Waals surface area contributed by atoms with Crippen molar-refractivity contribution in [2.24, 2.45) is 5.84 Å². The minimum atomic E-state index is -0.315.